The van der Waals surface area contributed by atoms with Crippen LogP contribution in [0, 0.1) is 5.92 Å². The molecule has 1 rings (SSSR count). The summed E-state index contributed by atoms with van der Waals surface area (Å²) >= 11 is 0. The second-order valence-electron chi connectivity index (χ2n) is 5.48. The number of halogens is 3. The smallest absolute Gasteiger partial charge is 0.422 e. The zero-order valence-electron chi connectivity index (χ0n) is 12.8. The molecule has 3 nitrogen and oxygen atoms in total. The first-order valence-electron chi connectivity index (χ1n) is 7.20. The molecule has 0 amide bonds. The van der Waals surface area contributed by atoms with Gasteiger partial charge in [-0.1, -0.05) is 27.2 Å². The van der Waals surface area contributed by atoms with Crippen LogP contribution in [-0.4, -0.2) is 24.3 Å². The van der Waals surface area contributed by atoms with Gasteiger partial charge in [0.05, 0.1) is 0 Å². The van der Waals surface area contributed by atoms with Crippen LogP contribution in [0.5, 0.6) is 5.88 Å². The van der Waals surface area contributed by atoms with E-state index in [-0.39, 0.29) is 5.88 Å². The van der Waals surface area contributed by atoms with Crippen LogP contribution in [0.1, 0.15) is 38.4 Å². The minimum atomic E-state index is -4.35. The van der Waals surface area contributed by atoms with E-state index in [4.69, 9.17) is 4.74 Å². The van der Waals surface area contributed by atoms with Gasteiger partial charge in [0.2, 0.25) is 5.88 Å². The van der Waals surface area contributed by atoms with Crippen LogP contribution in [0.4, 0.5) is 13.2 Å². The summed E-state index contributed by atoms with van der Waals surface area (Å²) in [4.78, 5) is 4.12. The van der Waals surface area contributed by atoms with Crippen molar-refractivity contribution in [1.29, 1.82) is 0 Å². The highest BCUT2D eigenvalue weighted by Crippen LogP contribution is 2.19. The number of alkyl halides is 3. The quantitative estimate of drug-likeness (QED) is 0.795. The zero-order valence-corrected chi connectivity index (χ0v) is 12.8. The number of hydrogen-bond acceptors (Lipinski definition) is 3. The van der Waals surface area contributed by atoms with Crippen LogP contribution in [0.3, 0.4) is 0 Å². The van der Waals surface area contributed by atoms with E-state index in [1.165, 1.54) is 0 Å². The molecule has 6 heteroatoms. The molecule has 0 fully saturated rings. The standard InChI is InChI=1S/C15H23F3N2O/c1-4-5-13-6-12(9-19-8-11(2)3)7-14(20-13)21-10-15(16,17)18/h6-7,11,19H,4-5,8-10H2,1-3H3. The van der Waals surface area contributed by atoms with Gasteiger partial charge < -0.3 is 10.1 Å². The Hall–Kier alpha value is -1.30. The summed E-state index contributed by atoms with van der Waals surface area (Å²) < 4.78 is 41.4. The van der Waals surface area contributed by atoms with Gasteiger partial charge in [0.1, 0.15) is 0 Å². The lowest BCUT2D eigenvalue weighted by Gasteiger charge is -2.12. The lowest BCUT2D eigenvalue weighted by Crippen LogP contribution is -2.21. The van der Waals surface area contributed by atoms with Crippen LogP contribution in [0.2, 0.25) is 0 Å². The van der Waals surface area contributed by atoms with Gasteiger partial charge in [-0.25, -0.2) is 4.98 Å². The maximum Gasteiger partial charge on any atom is 0.422 e. The van der Waals surface area contributed by atoms with E-state index in [9.17, 15) is 13.2 Å². The van der Waals surface area contributed by atoms with E-state index < -0.39 is 12.8 Å². The van der Waals surface area contributed by atoms with Crippen molar-refractivity contribution in [2.24, 2.45) is 5.92 Å². The predicted octanol–water partition coefficient (Wildman–Crippen LogP) is 3.72. The molecule has 1 N–H and O–H groups in total. The Bertz CT molecular complexity index is 433. The normalized spacial score (nSPS) is 12.0. The third kappa shape index (κ3) is 7.90. The van der Waals surface area contributed by atoms with Gasteiger partial charge in [0, 0.05) is 18.3 Å². The predicted molar refractivity (Wildman–Crippen MR) is 76.3 cm³/mol. The Morgan fingerprint density at radius 2 is 2.00 bits per heavy atom. The van der Waals surface area contributed by atoms with E-state index >= 15 is 0 Å². The number of aryl methyl sites for hydroxylation is 1. The molecule has 1 heterocycles. The molecule has 0 aromatic carbocycles. The van der Waals surface area contributed by atoms with Crippen molar-refractivity contribution in [1.82, 2.24) is 10.3 Å². The topological polar surface area (TPSA) is 34.1 Å². The molecule has 1 aromatic rings. The summed E-state index contributed by atoms with van der Waals surface area (Å²) in [6.45, 7) is 6.33. The fourth-order valence-electron chi connectivity index (χ4n) is 1.84. The first-order valence-corrected chi connectivity index (χ1v) is 7.20. The van der Waals surface area contributed by atoms with Crippen molar-refractivity contribution in [2.75, 3.05) is 13.2 Å². The lowest BCUT2D eigenvalue weighted by atomic mass is 10.1. The molecule has 0 aliphatic rings. The third-order valence-corrected chi connectivity index (χ3v) is 2.69. The van der Waals surface area contributed by atoms with Crippen LogP contribution in [-0.2, 0) is 13.0 Å². The van der Waals surface area contributed by atoms with Crippen molar-refractivity contribution in [3.8, 4) is 5.88 Å². The Morgan fingerprint density at radius 1 is 1.29 bits per heavy atom. The number of rotatable bonds is 8. The zero-order chi connectivity index (χ0) is 15.9. The van der Waals surface area contributed by atoms with Gasteiger partial charge in [-0.3, -0.25) is 0 Å². The number of hydrogen-bond donors (Lipinski definition) is 1. The van der Waals surface area contributed by atoms with Gasteiger partial charge in [-0.05, 0) is 30.5 Å². The fourth-order valence-corrected chi connectivity index (χ4v) is 1.84. The number of ether oxygens (including phenoxy) is 1. The number of pyridine rings is 1. The van der Waals surface area contributed by atoms with E-state index in [2.05, 4.69) is 24.1 Å². The molecular formula is C15H23F3N2O. The van der Waals surface area contributed by atoms with Crippen LogP contribution in [0.15, 0.2) is 12.1 Å². The maximum atomic E-state index is 12.2. The molecule has 0 radical (unpaired) electrons. The molecule has 0 aliphatic carbocycles. The molecule has 0 saturated heterocycles. The second-order valence-corrected chi connectivity index (χ2v) is 5.48. The molecule has 0 bridgehead atoms. The molecule has 0 spiro atoms. The summed E-state index contributed by atoms with van der Waals surface area (Å²) in [7, 11) is 0. The van der Waals surface area contributed by atoms with Gasteiger partial charge in [0.25, 0.3) is 0 Å². The molecule has 0 saturated carbocycles. The number of nitrogens with one attached hydrogen (secondary N) is 1. The molecule has 0 unspecified atom stereocenters. The van der Waals surface area contributed by atoms with Gasteiger partial charge in [-0.15, -0.1) is 0 Å². The van der Waals surface area contributed by atoms with Crippen molar-refractivity contribution in [3.05, 3.63) is 23.4 Å². The van der Waals surface area contributed by atoms with E-state index in [0.717, 1.165) is 30.6 Å². The first kappa shape index (κ1) is 17.8. The largest absolute Gasteiger partial charge is 0.468 e. The molecule has 0 aliphatic heterocycles. The molecule has 21 heavy (non-hydrogen) atoms. The highest BCUT2D eigenvalue weighted by Gasteiger charge is 2.28. The van der Waals surface area contributed by atoms with Crippen molar-refractivity contribution in [3.63, 3.8) is 0 Å². The average Bonchev–Trinajstić information content (AvgIpc) is 2.35. The lowest BCUT2D eigenvalue weighted by molar-refractivity contribution is -0.154. The summed E-state index contributed by atoms with van der Waals surface area (Å²) in [5, 5.41) is 3.26. The van der Waals surface area contributed by atoms with E-state index in [1.807, 2.05) is 13.0 Å². The second kappa shape index (κ2) is 8.22. The molecular weight excluding hydrogens is 281 g/mol. The minimum absolute atomic E-state index is 0.0413. The first-order chi connectivity index (χ1) is 9.80. The van der Waals surface area contributed by atoms with E-state index in [1.54, 1.807) is 6.07 Å². The maximum absolute atomic E-state index is 12.2. The van der Waals surface area contributed by atoms with Crippen LogP contribution >= 0.6 is 0 Å². The fraction of sp³-hybridized carbons (Fsp3) is 0.667. The Kier molecular flexibility index (Phi) is 6.95. The van der Waals surface area contributed by atoms with Gasteiger partial charge >= 0.3 is 6.18 Å². The SMILES string of the molecule is CCCc1cc(CNCC(C)C)cc(OCC(F)(F)F)n1. The summed E-state index contributed by atoms with van der Waals surface area (Å²) in [5.41, 5.74) is 1.66. The Morgan fingerprint density at radius 3 is 2.57 bits per heavy atom. The highest BCUT2D eigenvalue weighted by atomic mass is 19.4. The molecule has 1 aromatic heterocycles. The van der Waals surface area contributed by atoms with Crippen molar-refractivity contribution >= 4 is 0 Å². The average molecular weight is 304 g/mol. The van der Waals surface area contributed by atoms with Crippen molar-refractivity contribution in [2.45, 2.75) is 46.3 Å². The summed E-state index contributed by atoms with van der Waals surface area (Å²) in [5.74, 6) is 0.558. The van der Waals surface area contributed by atoms with Crippen molar-refractivity contribution < 1.29 is 17.9 Å². The van der Waals surface area contributed by atoms with Gasteiger partial charge in [0.15, 0.2) is 6.61 Å². The third-order valence-electron chi connectivity index (χ3n) is 2.69. The van der Waals surface area contributed by atoms with Gasteiger partial charge in [-0.2, -0.15) is 13.2 Å². The summed E-state index contributed by atoms with van der Waals surface area (Å²) in [6.07, 6.45) is -2.74. The highest BCUT2D eigenvalue weighted by molar-refractivity contribution is 5.25. The number of nitrogens with zero attached hydrogens (tertiary/aromatic N) is 1. The Labute approximate surface area is 123 Å². The van der Waals surface area contributed by atoms with Crippen LogP contribution < -0.4 is 10.1 Å². The summed E-state index contributed by atoms with van der Waals surface area (Å²) in [6, 6.07) is 3.48. The monoisotopic (exact) mass is 304 g/mol. The number of aromatic nitrogens is 1. The minimum Gasteiger partial charge on any atom is -0.468 e. The van der Waals surface area contributed by atoms with Crippen LogP contribution in [0.25, 0.3) is 0 Å². The molecule has 120 valence electrons. The van der Waals surface area contributed by atoms with E-state index in [0.29, 0.717) is 12.5 Å². The molecule has 0 atom stereocenters. The Balaban J connectivity index is 2.74.